The van der Waals surface area contributed by atoms with Crippen LogP contribution < -0.4 is 5.32 Å². The Labute approximate surface area is 141 Å². The normalized spacial score (nSPS) is 34.0. The molecule has 0 bridgehead atoms. The maximum atomic E-state index is 6.20. The molecule has 2 nitrogen and oxygen atoms in total. The molecule has 3 atom stereocenters. The number of ether oxygens (including phenoxy) is 1. The first-order valence-corrected chi connectivity index (χ1v) is 8.25. The van der Waals surface area contributed by atoms with Crippen molar-refractivity contribution in [1.29, 1.82) is 0 Å². The lowest BCUT2D eigenvalue weighted by Crippen LogP contribution is -2.28. The van der Waals surface area contributed by atoms with Crippen molar-refractivity contribution < 1.29 is 4.74 Å². The molecule has 0 amide bonds. The van der Waals surface area contributed by atoms with Gasteiger partial charge in [0, 0.05) is 12.0 Å². The fourth-order valence-corrected chi connectivity index (χ4v) is 4.28. The Hall–Kier alpha value is 0.01000. The number of halogens is 3. The van der Waals surface area contributed by atoms with E-state index in [9.17, 15) is 0 Å². The lowest BCUT2D eigenvalue weighted by atomic mass is 9.93. The number of rotatable bonds is 4. The molecular weight excluding hydrogens is 329 g/mol. The van der Waals surface area contributed by atoms with Crippen LogP contribution in [0.15, 0.2) is 18.2 Å². The first-order chi connectivity index (χ1) is 9.72. The van der Waals surface area contributed by atoms with Crippen molar-refractivity contribution in [2.75, 3.05) is 19.7 Å². The van der Waals surface area contributed by atoms with Gasteiger partial charge in [-0.25, -0.2) is 0 Å². The van der Waals surface area contributed by atoms with Gasteiger partial charge in [0.05, 0.1) is 22.8 Å². The van der Waals surface area contributed by atoms with E-state index in [1.165, 1.54) is 24.8 Å². The van der Waals surface area contributed by atoms with Gasteiger partial charge in [-0.2, -0.15) is 0 Å². The third-order valence-electron chi connectivity index (χ3n) is 5.50. The van der Waals surface area contributed by atoms with Crippen molar-refractivity contribution in [2.24, 2.45) is 11.8 Å². The van der Waals surface area contributed by atoms with E-state index < -0.39 is 0 Å². The fourth-order valence-electron chi connectivity index (χ4n) is 3.98. The number of hydrogen-bond acceptors (Lipinski definition) is 2. The molecule has 2 aliphatic carbocycles. The SMILES string of the molecule is Cl.Clc1ccc([C@]23CNC[C@H]2[C@@H]3COC2CCC2)cc1Cl. The van der Waals surface area contributed by atoms with Crippen molar-refractivity contribution in [3.8, 4) is 0 Å². The number of piperidine rings is 1. The number of fused-ring (bicyclic) bond motifs is 1. The molecule has 0 spiro atoms. The quantitative estimate of drug-likeness (QED) is 0.885. The Morgan fingerprint density at radius 3 is 2.71 bits per heavy atom. The molecule has 1 aromatic carbocycles. The van der Waals surface area contributed by atoms with Crippen molar-refractivity contribution >= 4 is 35.6 Å². The zero-order chi connectivity index (χ0) is 13.7. The second-order valence-corrected chi connectivity index (χ2v) is 7.21. The van der Waals surface area contributed by atoms with Gasteiger partial charge in [0.15, 0.2) is 0 Å². The van der Waals surface area contributed by atoms with Gasteiger partial charge in [0.25, 0.3) is 0 Å². The van der Waals surface area contributed by atoms with E-state index in [4.69, 9.17) is 27.9 Å². The second-order valence-electron chi connectivity index (χ2n) is 6.40. The summed E-state index contributed by atoms with van der Waals surface area (Å²) in [7, 11) is 0. The van der Waals surface area contributed by atoms with Gasteiger partial charge in [-0.1, -0.05) is 29.3 Å². The molecule has 116 valence electrons. The van der Waals surface area contributed by atoms with E-state index in [-0.39, 0.29) is 17.8 Å². The van der Waals surface area contributed by atoms with Crippen molar-refractivity contribution in [3.63, 3.8) is 0 Å². The third kappa shape index (κ3) is 2.49. The summed E-state index contributed by atoms with van der Waals surface area (Å²) in [6.45, 7) is 3.03. The highest BCUT2D eigenvalue weighted by atomic mass is 35.5. The minimum absolute atomic E-state index is 0. The molecule has 21 heavy (non-hydrogen) atoms. The van der Waals surface area contributed by atoms with Crippen LogP contribution in [0.3, 0.4) is 0 Å². The largest absolute Gasteiger partial charge is 0.378 e. The van der Waals surface area contributed by atoms with E-state index in [1.54, 1.807) is 0 Å². The number of nitrogens with one attached hydrogen (secondary N) is 1. The van der Waals surface area contributed by atoms with Crippen LogP contribution in [0.4, 0.5) is 0 Å². The van der Waals surface area contributed by atoms with Gasteiger partial charge in [0.1, 0.15) is 0 Å². The average molecular weight is 349 g/mol. The van der Waals surface area contributed by atoms with Crippen LogP contribution in [0.1, 0.15) is 24.8 Å². The van der Waals surface area contributed by atoms with Crippen molar-refractivity contribution in [2.45, 2.75) is 30.8 Å². The summed E-state index contributed by atoms with van der Waals surface area (Å²) in [4.78, 5) is 0. The Morgan fingerprint density at radius 1 is 1.24 bits per heavy atom. The van der Waals surface area contributed by atoms with Gasteiger partial charge in [-0.3, -0.25) is 0 Å². The Morgan fingerprint density at radius 2 is 2.05 bits per heavy atom. The predicted octanol–water partition coefficient (Wildman–Crippen LogP) is 4.07. The molecule has 5 heteroatoms. The molecule has 1 aliphatic heterocycles. The monoisotopic (exact) mass is 347 g/mol. The van der Waals surface area contributed by atoms with Gasteiger partial charge in [-0.15, -0.1) is 12.4 Å². The van der Waals surface area contributed by atoms with Crippen LogP contribution in [-0.4, -0.2) is 25.8 Å². The van der Waals surface area contributed by atoms with Gasteiger partial charge in [0.2, 0.25) is 0 Å². The van der Waals surface area contributed by atoms with Crippen LogP contribution in [0.5, 0.6) is 0 Å². The minimum atomic E-state index is 0. The van der Waals surface area contributed by atoms with Crippen molar-refractivity contribution in [3.05, 3.63) is 33.8 Å². The predicted molar refractivity (Wildman–Crippen MR) is 88.8 cm³/mol. The van der Waals surface area contributed by atoms with Crippen LogP contribution in [-0.2, 0) is 10.2 Å². The third-order valence-corrected chi connectivity index (χ3v) is 6.24. The molecule has 1 N–H and O–H groups in total. The smallest absolute Gasteiger partial charge is 0.0595 e. The lowest BCUT2D eigenvalue weighted by molar-refractivity contribution is -0.00759. The summed E-state index contributed by atoms with van der Waals surface area (Å²) in [5.74, 6) is 1.33. The summed E-state index contributed by atoms with van der Waals surface area (Å²) < 4.78 is 6.05. The first kappa shape index (κ1) is 15.9. The van der Waals surface area contributed by atoms with E-state index in [2.05, 4.69) is 11.4 Å². The Kier molecular flexibility index (Phi) is 4.46. The van der Waals surface area contributed by atoms with Crippen LogP contribution in [0.2, 0.25) is 10.0 Å². The first-order valence-electron chi connectivity index (χ1n) is 7.49. The highest BCUT2D eigenvalue weighted by Gasteiger charge is 2.67. The Bertz CT molecular complexity index is 534. The molecular formula is C16H20Cl3NO. The van der Waals surface area contributed by atoms with Gasteiger partial charge < -0.3 is 10.1 Å². The maximum Gasteiger partial charge on any atom is 0.0595 e. The highest BCUT2D eigenvalue weighted by Crippen LogP contribution is 2.62. The summed E-state index contributed by atoms with van der Waals surface area (Å²) in [5.41, 5.74) is 1.56. The van der Waals surface area contributed by atoms with Crippen LogP contribution >= 0.6 is 35.6 Å². The highest BCUT2D eigenvalue weighted by molar-refractivity contribution is 6.42. The molecule has 3 fully saturated rings. The molecule has 0 aromatic heterocycles. The molecule has 3 aliphatic rings. The number of benzene rings is 1. The maximum absolute atomic E-state index is 6.20. The fraction of sp³-hybridized carbons (Fsp3) is 0.625. The molecule has 1 saturated heterocycles. The summed E-state index contributed by atoms with van der Waals surface area (Å²) in [6.07, 6.45) is 4.35. The van der Waals surface area contributed by atoms with Gasteiger partial charge in [-0.05, 0) is 55.3 Å². The molecule has 0 unspecified atom stereocenters. The molecule has 4 rings (SSSR count). The molecule has 1 aromatic rings. The van der Waals surface area contributed by atoms with E-state index in [0.717, 1.165) is 19.7 Å². The van der Waals surface area contributed by atoms with Gasteiger partial charge >= 0.3 is 0 Å². The van der Waals surface area contributed by atoms with Crippen LogP contribution in [0, 0.1) is 11.8 Å². The lowest BCUT2D eigenvalue weighted by Gasteiger charge is -2.26. The molecule has 1 heterocycles. The summed E-state index contributed by atoms with van der Waals surface area (Å²) in [6, 6.07) is 6.11. The topological polar surface area (TPSA) is 21.3 Å². The van der Waals surface area contributed by atoms with E-state index in [1.807, 2.05) is 12.1 Å². The van der Waals surface area contributed by atoms with E-state index >= 15 is 0 Å². The minimum Gasteiger partial charge on any atom is -0.378 e. The average Bonchev–Trinajstić information content (AvgIpc) is 2.79. The molecule has 2 saturated carbocycles. The summed E-state index contributed by atoms with van der Waals surface area (Å²) in [5, 5.41) is 4.81. The van der Waals surface area contributed by atoms with E-state index in [0.29, 0.717) is 28.0 Å². The zero-order valence-electron chi connectivity index (χ0n) is 11.8. The van der Waals surface area contributed by atoms with Crippen molar-refractivity contribution in [1.82, 2.24) is 5.32 Å². The Balaban J connectivity index is 0.00000132. The zero-order valence-corrected chi connectivity index (χ0v) is 14.1. The van der Waals surface area contributed by atoms with Crippen LogP contribution in [0.25, 0.3) is 0 Å². The second kappa shape index (κ2) is 5.90. The summed E-state index contributed by atoms with van der Waals surface area (Å²) >= 11 is 12.2. The number of hydrogen-bond donors (Lipinski definition) is 1. The molecule has 0 radical (unpaired) electrons. The standard InChI is InChI=1S/C16H19Cl2NO.ClH/c17-14-5-4-10(6-15(14)18)16-9-19-7-12(16)13(16)8-20-11-2-1-3-11;/h4-6,11-13,19H,1-3,7-9H2;1H/t12-,13-,16+;/m0./s1.